The number of rotatable bonds is 2. The molecule has 84 valence electrons. The lowest BCUT2D eigenvalue weighted by Crippen LogP contribution is -2.26. The van der Waals surface area contributed by atoms with Crippen molar-refractivity contribution in [2.75, 3.05) is 0 Å². The van der Waals surface area contributed by atoms with Crippen LogP contribution in [0.5, 0.6) is 0 Å². The van der Waals surface area contributed by atoms with Gasteiger partial charge in [-0.25, -0.2) is 14.7 Å². The van der Waals surface area contributed by atoms with Crippen molar-refractivity contribution in [3.8, 4) is 0 Å². The number of nitrogens with one attached hydrogen (secondary N) is 1. The number of amidine groups is 1. The number of allylic oxidation sites excluding steroid dienone is 1. The molecule has 1 N–H and O–H groups in total. The third-order valence-electron chi connectivity index (χ3n) is 2.36. The molecule has 5 nitrogen and oxygen atoms in total. The molecule has 2 rings (SSSR count). The molecule has 0 bridgehead atoms. The van der Waals surface area contributed by atoms with E-state index < -0.39 is 0 Å². The molecule has 0 aromatic carbocycles. The summed E-state index contributed by atoms with van der Waals surface area (Å²) in [6.45, 7) is 9.46. The summed E-state index contributed by atoms with van der Waals surface area (Å²) in [7, 11) is 0. The van der Waals surface area contributed by atoms with Gasteiger partial charge in [-0.1, -0.05) is 6.58 Å². The maximum Gasteiger partial charge on any atom is 0.166 e. The molecule has 0 amide bonds. The van der Waals surface area contributed by atoms with Crippen LogP contribution in [0, 0.1) is 13.8 Å². The van der Waals surface area contributed by atoms with E-state index in [0.29, 0.717) is 0 Å². The van der Waals surface area contributed by atoms with Crippen LogP contribution in [0.15, 0.2) is 29.4 Å². The monoisotopic (exact) mass is 217 g/mol. The van der Waals surface area contributed by atoms with Crippen LogP contribution in [-0.4, -0.2) is 20.6 Å². The molecule has 0 saturated heterocycles. The Hall–Kier alpha value is -1.91. The average Bonchev–Trinajstić information content (AvgIpc) is 2.57. The van der Waals surface area contributed by atoms with Crippen molar-refractivity contribution in [1.29, 1.82) is 0 Å². The summed E-state index contributed by atoms with van der Waals surface area (Å²) in [6.07, 6.45) is 3.61. The van der Waals surface area contributed by atoms with Crippen molar-refractivity contribution in [2.24, 2.45) is 4.99 Å². The van der Waals surface area contributed by atoms with Crippen LogP contribution in [0.2, 0.25) is 0 Å². The zero-order valence-electron chi connectivity index (χ0n) is 9.73. The van der Waals surface area contributed by atoms with Crippen LogP contribution in [0.25, 0.3) is 0 Å². The summed E-state index contributed by atoms with van der Waals surface area (Å²) in [5.74, 6) is 2.48. The van der Waals surface area contributed by atoms with Crippen molar-refractivity contribution in [3.63, 3.8) is 0 Å². The molecular formula is C11H15N5. The number of aryl methyl sites for hydroxylation is 2. The molecule has 5 heteroatoms. The van der Waals surface area contributed by atoms with Gasteiger partial charge in [0, 0.05) is 5.70 Å². The van der Waals surface area contributed by atoms with Gasteiger partial charge in [0.2, 0.25) is 0 Å². The van der Waals surface area contributed by atoms with E-state index in [9.17, 15) is 0 Å². The first-order chi connectivity index (χ1) is 7.60. The summed E-state index contributed by atoms with van der Waals surface area (Å²) in [6, 6.07) is 0. The minimum Gasteiger partial charge on any atom is -0.344 e. The number of hydrogen-bond acceptors (Lipinski definition) is 4. The van der Waals surface area contributed by atoms with E-state index in [1.807, 2.05) is 31.5 Å². The first kappa shape index (κ1) is 10.6. The number of hydrogen-bond donors (Lipinski definition) is 1. The van der Waals surface area contributed by atoms with Gasteiger partial charge in [-0.2, -0.15) is 5.10 Å². The van der Waals surface area contributed by atoms with Gasteiger partial charge in [-0.15, -0.1) is 0 Å². The van der Waals surface area contributed by atoms with Crippen molar-refractivity contribution in [2.45, 2.75) is 26.9 Å². The van der Waals surface area contributed by atoms with Gasteiger partial charge < -0.3 is 5.32 Å². The van der Waals surface area contributed by atoms with E-state index in [-0.39, 0.29) is 6.17 Å². The summed E-state index contributed by atoms with van der Waals surface area (Å²) in [5.41, 5.74) is 0.949. The fourth-order valence-corrected chi connectivity index (χ4v) is 1.71. The Labute approximate surface area is 94.6 Å². The Morgan fingerprint density at radius 1 is 1.44 bits per heavy atom. The molecule has 1 atom stereocenters. The lowest BCUT2D eigenvalue weighted by molar-refractivity contribution is 0.530. The second-order valence-electron chi connectivity index (χ2n) is 3.73. The van der Waals surface area contributed by atoms with Crippen LogP contribution in [0.1, 0.15) is 24.7 Å². The van der Waals surface area contributed by atoms with Gasteiger partial charge >= 0.3 is 0 Å². The van der Waals surface area contributed by atoms with Crippen molar-refractivity contribution in [3.05, 3.63) is 36.1 Å². The maximum absolute atomic E-state index is 4.47. The standard InChI is InChI=1S/C11H15N5/c1-5-10-6-11(14-7(2)13-10)16-9(4)12-8(3)15-16/h5-6,11H,1H2,2-4H3,(H,13,14). The topological polar surface area (TPSA) is 55.1 Å². The fraction of sp³-hybridized carbons (Fsp3) is 0.364. The normalized spacial score (nSPS) is 19.8. The molecule has 2 heterocycles. The highest BCUT2D eigenvalue weighted by molar-refractivity contribution is 5.82. The Bertz CT molecular complexity index is 481. The van der Waals surface area contributed by atoms with Gasteiger partial charge in [0.15, 0.2) is 6.17 Å². The van der Waals surface area contributed by atoms with Crippen LogP contribution in [0.3, 0.4) is 0 Å². The van der Waals surface area contributed by atoms with Crippen molar-refractivity contribution < 1.29 is 0 Å². The van der Waals surface area contributed by atoms with E-state index >= 15 is 0 Å². The van der Waals surface area contributed by atoms with E-state index in [1.165, 1.54) is 0 Å². The Balaban J connectivity index is 2.40. The Morgan fingerprint density at radius 3 is 2.75 bits per heavy atom. The molecule has 1 unspecified atom stereocenters. The first-order valence-electron chi connectivity index (χ1n) is 5.15. The van der Waals surface area contributed by atoms with Gasteiger partial charge in [0.1, 0.15) is 17.5 Å². The highest BCUT2D eigenvalue weighted by Crippen LogP contribution is 2.17. The van der Waals surface area contributed by atoms with Crippen LogP contribution < -0.4 is 5.32 Å². The molecular weight excluding hydrogens is 202 g/mol. The molecule has 0 aliphatic carbocycles. The lowest BCUT2D eigenvalue weighted by Gasteiger charge is -2.19. The Kier molecular flexibility index (Phi) is 2.60. The largest absolute Gasteiger partial charge is 0.344 e. The van der Waals surface area contributed by atoms with Crippen molar-refractivity contribution in [1.82, 2.24) is 20.1 Å². The molecule has 0 fully saturated rings. The molecule has 16 heavy (non-hydrogen) atoms. The smallest absolute Gasteiger partial charge is 0.166 e. The predicted octanol–water partition coefficient (Wildman–Crippen LogP) is 1.49. The summed E-state index contributed by atoms with van der Waals surface area (Å²) in [5, 5.41) is 7.45. The van der Waals surface area contributed by atoms with Crippen LogP contribution in [-0.2, 0) is 0 Å². The zero-order valence-corrected chi connectivity index (χ0v) is 9.73. The van der Waals surface area contributed by atoms with Gasteiger partial charge in [-0.3, -0.25) is 0 Å². The third-order valence-corrected chi connectivity index (χ3v) is 2.36. The second kappa shape index (κ2) is 3.92. The number of aromatic nitrogens is 3. The molecule has 1 aliphatic heterocycles. The molecule has 1 aromatic heterocycles. The van der Waals surface area contributed by atoms with Crippen molar-refractivity contribution >= 4 is 5.84 Å². The van der Waals surface area contributed by atoms with E-state index in [0.717, 1.165) is 23.2 Å². The molecule has 0 saturated carbocycles. The van der Waals surface area contributed by atoms with E-state index in [4.69, 9.17) is 0 Å². The maximum atomic E-state index is 4.47. The molecule has 1 aliphatic rings. The first-order valence-corrected chi connectivity index (χ1v) is 5.15. The van der Waals surface area contributed by atoms with Crippen LogP contribution >= 0.6 is 0 Å². The number of aliphatic imine (C=N–C) groups is 1. The highest BCUT2D eigenvalue weighted by Gasteiger charge is 2.16. The fourth-order valence-electron chi connectivity index (χ4n) is 1.71. The second-order valence-corrected chi connectivity index (χ2v) is 3.73. The molecule has 1 aromatic rings. The lowest BCUT2D eigenvalue weighted by atomic mass is 10.3. The SMILES string of the molecule is C=CC1=CC(n2nc(C)nc2C)N=C(C)N1. The third kappa shape index (κ3) is 1.88. The zero-order chi connectivity index (χ0) is 11.7. The summed E-state index contributed by atoms with van der Waals surface area (Å²) >= 11 is 0. The number of nitrogens with zero attached hydrogens (tertiary/aromatic N) is 4. The summed E-state index contributed by atoms with van der Waals surface area (Å²) in [4.78, 5) is 8.74. The minimum atomic E-state index is -0.129. The van der Waals surface area contributed by atoms with Crippen LogP contribution in [0.4, 0.5) is 0 Å². The minimum absolute atomic E-state index is 0.129. The quantitative estimate of drug-likeness (QED) is 0.816. The van der Waals surface area contributed by atoms with E-state index in [1.54, 1.807) is 6.08 Å². The predicted molar refractivity (Wildman–Crippen MR) is 63.1 cm³/mol. The highest BCUT2D eigenvalue weighted by atomic mass is 15.4. The Morgan fingerprint density at radius 2 is 2.19 bits per heavy atom. The van der Waals surface area contributed by atoms with Gasteiger partial charge in [-0.05, 0) is 32.9 Å². The average molecular weight is 217 g/mol. The van der Waals surface area contributed by atoms with Gasteiger partial charge in [0.05, 0.1) is 0 Å². The molecule has 0 spiro atoms. The van der Waals surface area contributed by atoms with E-state index in [2.05, 4.69) is 27.0 Å². The molecule has 0 radical (unpaired) electrons. The van der Waals surface area contributed by atoms with Gasteiger partial charge in [0.25, 0.3) is 0 Å². The summed E-state index contributed by atoms with van der Waals surface area (Å²) < 4.78 is 1.81.